The average molecular weight is 208 g/mol. The van der Waals surface area contributed by atoms with Gasteiger partial charge in [0, 0.05) is 31.2 Å². The van der Waals surface area contributed by atoms with Gasteiger partial charge in [-0.3, -0.25) is 4.90 Å². The van der Waals surface area contributed by atoms with Crippen LogP contribution in [0, 0.1) is 0 Å². The number of hydrogen-bond donors (Lipinski definition) is 1. The molecular weight excluding hydrogens is 193 g/mol. The summed E-state index contributed by atoms with van der Waals surface area (Å²) in [6.45, 7) is 3.31. The molecule has 1 aliphatic heterocycles. The van der Waals surface area contributed by atoms with Gasteiger partial charge in [0.15, 0.2) is 0 Å². The number of nitrogens with zero attached hydrogens (tertiary/aromatic N) is 1. The topological polar surface area (TPSA) is 29.3 Å². The highest BCUT2D eigenvalue weighted by Crippen LogP contribution is 2.29. The molecule has 0 aromatic heterocycles. The second-order valence-electron chi connectivity index (χ2n) is 3.71. The van der Waals surface area contributed by atoms with E-state index < -0.39 is 11.7 Å². The van der Waals surface area contributed by atoms with Crippen molar-refractivity contribution >= 4 is 0 Å². The van der Waals surface area contributed by atoms with E-state index in [0.29, 0.717) is 19.6 Å². The van der Waals surface area contributed by atoms with Crippen LogP contribution >= 0.6 is 0 Å². The molecule has 0 fully saturated rings. The van der Waals surface area contributed by atoms with Crippen molar-refractivity contribution in [3.8, 4) is 0 Å². The Hall–Kier alpha value is -0.550. The van der Waals surface area contributed by atoms with Gasteiger partial charge in [-0.1, -0.05) is 6.08 Å². The van der Waals surface area contributed by atoms with Crippen LogP contribution in [0.25, 0.3) is 0 Å². The fourth-order valence-corrected chi connectivity index (χ4v) is 1.54. The normalized spacial score (nSPS) is 21.9. The largest absolute Gasteiger partial charge is 0.412 e. The summed E-state index contributed by atoms with van der Waals surface area (Å²) in [4.78, 5) is 1.93. The number of alkyl halides is 3. The van der Waals surface area contributed by atoms with E-state index in [1.54, 1.807) is 0 Å². The number of halogens is 3. The molecule has 0 aromatic rings. The predicted octanol–water partition coefficient (Wildman–Crippen LogP) is 1.53. The molecule has 5 heteroatoms. The van der Waals surface area contributed by atoms with E-state index in [1.165, 1.54) is 6.08 Å². The van der Waals surface area contributed by atoms with Crippen LogP contribution in [0.2, 0.25) is 0 Å². The molecule has 2 nitrogen and oxygen atoms in total. The molecule has 0 saturated carbocycles. The molecule has 0 unspecified atom stereocenters. The minimum Gasteiger partial charge on any atom is -0.327 e. The predicted molar refractivity (Wildman–Crippen MR) is 48.8 cm³/mol. The molecule has 0 saturated heterocycles. The smallest absolute Gasteiger partial charge is 0.327 e. The Morgan fingerprint density at radius 1 is 1.57 bits per heavy atom. The first-order valence-corrected chi connectivity index (χ1v) is 4.64. The second-order valence-corrected chi connectivity index (χ2v) is 3.71. The van der Waals surface area contributed by atoms with Gasteiger partial charge in [0.1, 0.15) is 0 Å². The van der Waals surface area contributed by atoms with Crippen LogP contribution in [-0.4, -0.2) is 36.8 Å². The molecule has 1 rings (SSSR count). The Labute approximate surface area is 81.6 Å². The van der Waals surface area contributed by atoms with Crippen molar-refractivity contribution in [3.63, 3.8) is 0 Å². The van der Waals surface area contributed by atoms with Gasteiger partial charge < -0.3 is 5.73 Å². The van der Waals surface area contributed by atoms with Crippen molar-refractivity contribution < 1.29 is 13.2 Å². The lowest BCUT2D eigenvalue weighted by atomic mass is 10.1. The third kappa shape index (κ3) is 3.31. The van der Waals surface area contributed by atoms with E-state index in [1.807, 2.05) is 11.8 Å². The molecule has 0 bridgehead atoms. The van der Waals surface area contributed by atoms with Crippen LogP contribution < -0.4 is 5.73 Å². The molecule has 0 radical (unpaired) electrons. The van der Waals surface area contributed by atoms with Crippen LogP contribution in [0.4, 0.5) is 13.2 Å². The molecule has 1 atom stereocenters. The average Bonchev–Trinajstić information content (AvgIpc) is 2.02. The molecule has 82 valence electrons. The summed E-state index contributed by atoms with van der Waals surface area (Å²) in [5.41, 5.74) is 5.15. The summed E-state index contributed by atoms with van der Waals surface area (Å²) in [6.07, 6.45) is -2.82. The first-order valence-electron chi connectivity index (χ1n) is 4.64. The first kappa shape index (κ1) is 11.5. The van der Waals surface area contributed by atoms with E-state index in [-0.39, 0.29) is 12.5 Å². The summed E-state index contributed by atoms with van der Waals surface area (Å²) < 4.78 is 36.7. The Morgan fingerprint density at radius 2 is 2.21 bits per heavy atom. The molecule has 14 heavy (non-hydrogen) atoms. The van der Waals surface area contributed by atoms with Crippen LogP contribution in [-0.2, 0) is 0 Å². The summed E-state index contributed by atoms with van der Waals surface area (Å²) in [6, 6.07) is 0.0100. The van der Waals surface area contributed by atoms with E-state index >= 15 is 0 Å². The molecule has 2 N–H and O–H groups in total. The maximum Gasteiger partial charge on any atom is 0.412 e. The van der Waals surface area contributed by atoms with Crippen LogP contribution in [0.1, 0.15) is 13.3 Å². The lowest BCUT2D eigenvalue weighted by Gasteiger charge is -2.28. The summed E-state index contributed by atoms with van der Waals surface area (Å²) in [7, 11) is 0. The van der Waals surface area contributed by atoms with Crippen LogP contribution in [0.5, 0.6) is 0 Å². The Balaban J connectivity index is 2.47. The maximum atomic E-state index is 12.2. The number of rotatable bonds is 2. The van der Waals surface area contributed by atoms with Gasteiger partial charge in [-0.05, 0) is 13.3 Å². The van der Waals surface area contributed by atoms with Gasteiger partial charge in [0.25, 0.3) is 0 Å². The monoisotopic (exact) mass is 208 g/mol. The quantitative estimate of drug-likeness (QED) is 0.697. The third-order valence-electron chi connectivity index (χ3n) is 2.20. The summed E-state index contributed by atoms with van der Waals surface area (Å²) in [5, 5.41) is 0. The van der Waals surface area contributed by atoms with Crippen molar-refractivity contribution in [3.05, 3.63) is 11.6 Å². The van der Waals surface area contributed by atoms with Crippen molar-refractivity contribution in [2.75, 3.05) is 19.6 Å². The maximum absolute atomic E-state index is 12.2. The number of hydrogen-bond acceptors (Lipinski definition) is 2. The van der Waals surface area contributed by atoms with Crippen molar-refractivity contribution in [1.29, 1.82) is 0 Å². The highest BCUT2D eigenvalue weighted by molar-refractivity contribution is 5.13. The van der Waals surface area contributed by atoms with E-state index in [4.69, 9.17) is 5.73 Å². The van der Waals surface area contributed by atoms with Gasteiger partial charge in [-0.25, -0.2) is 0 Å². The van der Waals surface area contributed by atoms with E-state index in [9.17, 15) is 13.2 Å². The van der Waals surface area contributed by atoms with E-state index in [0.717, 1.165) is 0 Å². The fourth-order valence-electron chi connectivity index (χ4n) is 1.54. The van der Waals surface area contributed by atoms with Crippen LogP contribution in [0.3, 0.4) is 0 Å². The molecule has 0 spiro atoms. The van der Waals surface area contributed by atoms with Crippen molar-refractivity contribution in [2.45, 2.75) is 25.6 Å². The SMILES string of the molecule is C[C@H](N)CN1CC=C(C(F)(F)F)CC1. The highest BCUT2D eigenvalue weighted by Gasteiger charge is 2.34. The van der Waals surface area contributed by atoms with E-state index in [2.05, 4.69) is 0 Å². The Morgan fingerprint density at radius 3 is 2.57 bits per heavy atom. The van der Waals surface area contributed by atoms with Crippen molar-refractivity contribution in [1.82, 2.24) is 4.90 Å². The molecule has 1 heterocycles. The lowest BCUT2D eigenvalue weighted by Crippen LogP contribution is -2.39. The molecule has 0 aliphatic carbocycles. The zero-order valence-electron chi connectivity index (χ0n) is 8.14. The Kier molecular flexibility index (Phi) is 3.55. The molecule has 0 aromatic carbocycles. The summed E-state index contributed by atoms with van der Waals surface area (Å²) in [5.74, 6) is 0. The third-order valence-corrected chi connectivity index (χ3v) is 2.20. The zero-order valence-corrected chi connectivity index (χ0v) is 8.14. The highest BCUT2D eigenvalue weighted by atomic mass is 19.4. The molecular formula is C9H15F3N2. The first-order chi connectivity index (χ1) is 6.39. The molecule has 1 aliphatic rings. The Bertz CT molecular complexity index is 221. The van der Waals surface area contributed by atoms with Crippen molar-refractivity contribution in [2.24, 2.45) is 5.73 Å². The summed E-state index contributed by atoms with van der Waals surface area (Å²) >= 11 is 0. The van der Waals surface area contributed by atoms with Gasteiger partial charge in [-0.15, -0.1) is 0 Å². The van der Waals surface area contributed by atoms with Gasteiger partial charge in [-0.2, -0.15) is 13.2 Å². The second kappa shape index (κ2) is 4.31. The minimum atomic E-state index is -4.15. The fraction of sp³-hybridized carbons (Fsp3) is 0.778. The van der Waals surface area contributed by atoms with Crippen LogP contribution in [0.15, 0.2) is 11.6 Å². The zero-order chi connectivity index (χ0) is 10.8. The standard InChI is InChI=1S/C9H15F3N2/c1-7(13)6-14-4-2-8(3-5-14)9(10,11)12/h2,7H,3-6,13H2,1H3/t7-/m0/s1. The lowest BCUT2D eigenvalue weighted by molar-refractivity contribution is -0.0960. The number of nitrogens with two attached hydrogens (primary N) is 1. The minimum absolute atomic E-state index is 0.0100. The van der Waals surface area contributed by atoms with Gasteiger partial charge in [0.05, 0.1) is 0 Å². The van der Waals surface area contributed by atoms with Gasteiger partial charge in [0.2, 0.25) is 0 Å². The van der Waals surface area contributed by atoms with Gasteiger partial charge >= 0.3 is 6.18 Å². The molecule has 0 amide bonds.